The molecule has 1 aromatic heterocycles. The Hall–Kier alpha value is -3.42. The van der Waals surface area contributed by atoms with E-state index in [9.17, 15) is 14.7 Å². The molecule has 33 heavy (non-hydrogen) atoms. The maximum absolute atomic E-state index is 13.2. The molecule has 1 N–H and O–H groups in total. The molecule has 2 aromatic carbocycles. The summed E-state index contributed by atoms with van der Waals surface area (Å²) in [6, 6.07) is 10.1. The summed E-state index contributed by atoms with van der Waals surface area (Å²) in [4.78, 5) is 27.6. The van der Waals surface area contributed by atoms with E-state index in [4.69, 9.17) is 37.1 Å². The van der Waals surface area contributed by atoms with Gasteiger partial charge >= 0.3 is 0 Å². The number of aryl methyl sites for hydroxylation is 1. The van der Waals surface area contributed by atoms with Crippen molar-refractivity contribution in [2.75, 3.05) is 19.1 Å². The Kier molecular flexibility index (Phi) is 6.10. The number of furan rings is 1. The van der Waals surface area contributed by atoms with Gasteiger partial charge in [0, 0.05) is 16.8 Å². The molecule has 0 radical (unpaired) electrons. The van der Waals surface area contributed by atoms with Crippen molar-refractivity contribution in [1.29, 1.82) is 0 Å². The van der Waals surface area contributed by atoms with Crippen molar-refractivity contribution in [3.8, 4) is 11.5 Å². The number of hydrogen-bond donors (Lipinski definition) is 1. The largest absolute Gasteiger partial charge is 0.507 e. The molecule has 3 aromatic rings. The summed E-state index contributed by atoms with van der Waals surface area (Å²) in [5.41, 5.74) is 1.14. The first-order chi connectivity index (χ1) is 15.8. The van der Waals surface area contributed by atoms with Crippen molar-refractivity contribution in [3.05, 3.63) is 81.2 Å². The van der Waals surface area contributed by atoms with Crippen molar-refractivity contribution >= 4 is 46.3 Å². The molecular weight excluding hydrogens is 469 g/mol. The maximum atomic E-state index is 13.2. The number of Topliss-reactive ketones (excluding diaryl/α,β-unsaturated/α-hetero) is 1. The molecule has 2 heterocycles. The number of carbonyl (C=O) groups excluding carboxylic acids is 2. The van der Waals surface area contributed by atoms with Gasteiger partial charge < -0.3 is 19.0 Å². The van der Waals surface area contributed by atoms with Gasteiger partial charge in [-0.2, -0.15) is 0 Å². The predicted octanol–water partition coefficient (Wildman–Crippen LogP) is 5.54. The van der Waals surface area contributed by atoms with Gasteiger partial charge in [0.15, 0.2) is 0 Å². The molecule has 1 amide bonds. The van der Waals surface area contributed by atoms with Crippen LogP contribution >= 0.6 is 23.2 Å². The lowest BCUT2D eigenvalue weighted by Crippen LogP contribution is -2.29. The summed E-state index contributed by atoms with van der Waals surface area (Å²) in [6.45, 7) is 1.82. The predicted molar refractivity (Wildman–Crippen MR) is 124 cm³/mol. The number of benzene rings is 2. The first-order valence-corrected chi connectivity index (χ1v) is 10.6. The van der Waals surface area contributed by atoms with Gasteiger partial charge in [0.1, 0.15) is 29.1 Å². The van der Waals surface area contributed by atoms with Crippen LogP contribution in [-0.2, 0) is 9.59 Å². The molecule has 1 fully saturated rings. The number of carbonyl (C=O) groups is 2. The van der Waals surface area contributed by atoms with Crippen molar-refractivity contribution in [1.82, 2.24) is 0 Å². The van der Waals surface area contributed by atoms with Gasteiger partial charge in [-0.25, -0.2) is 0 Å². The number of nitrogens with zero attached hydrogens (tertiary/aromatic N) is 1. The number of halogens is 2. The van der Waals surface area contributed by atoms with E-state index in [-0.39, 0.29) is 27.7 Å². The number of ether oxygens (including phenoxy) is 2. The minimum absolute atomic E-state index is 0.125. The summed E-state index contributed by atoms with van der Waals surface area (Å²) < 4.78 is 16.1. The highest BCUT2D eigenvalue weighted by Gasteiger charge is 2.48. The van der Waals surface area contributed by atoms with E-state index in [1.807, 2.05) is 6.92 Å². The summed E-state index contributed by atoms with van der Waals surface area (Å²) in [6.07, 6.45) is 1.42. The van der Waals surface area contributed by atoms with Gasteiger partial charge in [-0.3, -0.25) is 14.5 Å². The lowest BCUT2D eigenvalue weighted by Gasteiger charge is -2.24. The average Bonchev–Trinajstić information content (AvgIpc) is 3.42. The molecule has 1 unspecified atom stereocenters. The minimum atomic E-state index is -1.04. The van der Waals surface area contributed by atoms with Crippen LogP contribution in [0.1, 0.15) is 22.9 Å². The van der Waals surface area contributed by atoms with Crippen LogP contribution in [0.25, 0.3) is 5.76 Å². The monoisotopic (exact) mass is 487 g/mol. The Morgan fingerprint density at radius 2 is 1.76 bits per heavy atom. The topological polar surface area (TPSA) is 89.2 Å². The van der Waals surface area contributed by atoms with E-state index in [0.29, 0.717) is 16.5 Å². The average molecular weight is 488 g/mol. The van der Waals surface area contributed by atoms with Gasteiger partial charge in [-0.1, -0.05) is 29.3 Å². The molecule has 4 rings (SSSR count). The van der Waals surface area contributed by atoms with E-state index in [1.54, 1.807) is 30.3 Å². The van der Waals surface area contributed by atoms with Crippen LogP contribution in [0.4, 0.5) is 5.69 Å². The summed E-state index contributed by atoms with van der Waals surface area (Å²) in [5, 5.41) is 11.9. The van der Waals surface area contributed by atoms with Crippen LogP contribution < -0.4 is 14.4 Å². The van der Waals surface area contributed by atoms with E-state index in [1.165, 1.54) is 37.5 Å². The molecule has 7 nitrogen and oxygen atoms in total. The maximum Gasteiger partial charge on any atom is 0.300 e. The van der Waals surface area contributed by atoms with Crippen LogP contribution in [0, 0.1) is 6.92 Å². The Morgan fingerprint density at radius 3 is 2.36 bits per heavy atom. The zero-order chi connectivity index (χ0) is 23.9. The fraction of sp³-hybridized carbons (Fsp3) is 0.167. The van der Waals surface area contributed by atoms with E-state index >= 15 is 0 Å². The third kappa shape index (κ3) is 3.83. The number of anilines is 1. The second-order valence-corrected chi connectivity index (χ2v) is 8.12. The molecule has 0 bridgehead atoms. The highest BCUT2D eigenvalue weighted by molar-refractivity contribution is 6.52. The van der Waals surface area contributed by atoms with Crippen LogP contribution in [0.15, 0.2) is 58.7 Å². The quantitative estimate of drug-likeness (QED) is 0.288. The van der Waals surface area contributed by atoms with Gasteiger partial charge in [-0.05, 0) is 42.8 Å². The van der Waals surface area contributed by atoms with Crippen molar-refractivity contribution in [2.24, 2.45) is 0 Å². The van der Waals surface area contributed by atoms with Crippen molar-refractivity contribution in [2.45, 2.75) is 13.0 Å². The molecule has 1 aliphatic rings. The second kappa shape index (κ2) is 8.84. The lowest BCUT2D eigenvalue weighted by atomic mass is 9.98. The van der Waals surface area contributed by atoms with Crippen LogP contribution in [0.5, 0.6) is 11.5 Å². The standard InChI is InChI=1S/C24H19Cl2NO6/c1-12-6-7-13(9-15(12)25)27-21(17-5-4-8-33-17)20(23(29)24(27)30)22(28)14-10-16(26)19(32-3)11-18(14)31-2/h4-11,21,28H,1-3H3/b22-20-. The van der Waals surface area contributed by atoms with Crippen molar-refractivity contribution in [3.63, 3.8) is 0 Å². The molecule has 0 saturated carbocycles. The summed E-state index contributed by atoms with van der Waals surface area (Å²) >= 11 is 12.5. The number of amides is 1. The number of rotatable bonds is 5. The number of methoxy groups -OCH3 is 2. The molecule has 0 spiro atoms. The van der Waals surface area contributed by atoms with Crippen LogP contribution in [-0.4, -0.2) is 31.0 Å². The first-order valence-electron chi connectivity index (χ1n) is 9.81. The zero-order valence-electron chi connectivity index (χ0n) is 17.9. The molecule has 9 heteroatoms. The molecular formula is C24H19Cl2NO6. The molecule has 0 aliphatic carbocycles. The van der Waals surface area contributed by atoms with Gasteiger partial charge in [0.05, 0.1) is 36.6 Å². The first kappa shape index (κ1) is 22.8. The van der Waals surface area contributed by atoms with Gasteiger partial charge in [0.2, 0.25) is 0 Å². The minimum Gasteiger partial charge on any atom is -0.507 e. The highest BCUT2D eigenvalue weighted by Crippen LogP contribution is 2.45. The fourth-order valence-electron chi connectivity index (χ4n) is 3.74. The zero-order valence-corrected chi connectivity index (χ0v) is 19.4. The molecule has 1 saturated heterocycles. The SMILES string of the molecule is COc1cc(OC)c(/C(O)=C2/C(=O)C(=O)N(c3ccc(C)c(Cl)c3)C2c2ccco2)cc1Cl. The van der Waals surface area contributed by atoms with E-state index in [0.717, 1.165) is 5.56 Å². The second-order valence-electron chi connectivity index (χ2n) is 7.31. The van der Waals surface area contributed by atoms with Gasteiger partial charge in [-0.15, -0.1) is 0 Å². The molecule has 1 atom stereocenters. The van der Waals surface area contributed by atoms with Gasteiger partial charge in [0.25, 0.3) is 11.7 Å². The number of aliphatic hydroxyl groups excluding tert-OH is 1. The number of ketones is 1. The number of hydrogen-bond acceptors (Lipinski definition) is 6. The Balaban J connectivity index is 1.96. The summed E-state index contributed by atoms with van der Waals surface area (Å²) in [5.74, 6) is -1.38. The van der Waals surface area contributed by atoms with E-state index < -0.39 is 23.5 Å². The molecule has 170 valence electrons. The Bertz CT molecular complexity index is 1280. The number of aliphatic hydroxyl groups is 1. The third-order valence-electron chi connectivity index (χ3n) is 5.42. The van der Waals surface area contributed by atoms with E-state index in [2.05, 4.69) is 0 Å². The normalized spacial score (nSPS) is 17.5. The highest BCUT2D eigenvalue weighted by atomic mass is 35.5. The third-order valence-corrected chi connectivity index (χ3v) is 6.12. The smallest absolute Gasteiger partial charge is 0.300 e. The summed E-state index contributed by atoms with van der Waals surface area (Å²) in [7, 11) is 2.84. The lowest BCUT2D eigenvalue weighted by molar-refractivity contribution is -0.132. The Labute approximate surface area is 199 Å². The van der Waals surface area contributed by atoms with Crippen molar-refractivity contribution < 1.29 is 28.6 Å². The fourth-order valence-corrected chi connectivity index (χ4v) is 4.15. The Morgan fingerprint density at radius 1 is 1.03 bits per heavy atom. The van der Waals surface area contributed by atoms with Crippen LogP contribution in [0.2, 0.25) is 10.0 Å². The molecule has 1 aliphatic heterocycles. The van der Waals surface area contributed by atoms with Crippen LogP contribution in [0.3, 0.4) is 0 Å².